The van der Waals surface area contributed by atoms with Gasteiger partial charge in [0.05, 0.1) is 0 Å². The number of carbonyl (C=O) groups excluding carboxylic acids is 1. The van der Waals surface area contributed by atoms with Crippen LogP contribution in [0.2, 0.25) is 0 Å². The third kappa shape index (κ3) is 4.54. The molecule has 0 saturated carbocycles. The Balaban J connectivity index is 2.41. The molecule has 1 rings (SSSR count). The van der Waals surface area contributed by atoms with Gasteiger partial charge in [0.25, 0.3) is 0 Å². The molecule has 100 valence electrons. The summed E-state index contributed by atoms with van der Waals surface area (Å²) >= 11 is 0. The molecule has 0 aromatic carbocycles. The maximum Gasteiger partial charge on any atom is 0.407 e. The number of alkyl carbamates (subject to hydrolysis) is 1. The Kier molecular flexibility index (Phi) is 4.80. The zero-order valence-electron chi connectivity index (χ0n) is 11.7. The number of nitrogens with zero attached hydrogens (tertiary/aromatic N) is 1. The molecule has 17 heavy (non-hydrogen) atoms. The fraction of sp³-hybridized carbons (Fsp3) is 0.923. The highest BCUT2D eigenvalue weighted by atomic mass is 16.6. The predicted octanol–water partition coefficient (Wildman–Crippen LogP) is 2.38. The van der Waals surface area contributed by atoms with E-state index < -0.39 is 0 Å². The van der Waals surface area contributed by atoms with Gasteiger partial charge >= 0.3 is 6.09 Å². The molecule has 1 amide bonds. The van der Waals surface area contributed by atoms with Crippen LogP contribution in [0.5, 0.6) is 0 Å². The molecule has 0 aliphatic carbocycles. The van der Waals surface area contributed by atoms with E-state index in [1.807, 2.05) is 20.8 Å². The van der Waals surface area contributed by atoms with E-state index in [-0.39, 0.29) is 17.7 Å². The van der Waals surface area contributed by atoms with Crippen LogP contribution in [0.1, 0.15) is 47.5 Å². The lowest BCUT2D eigenvalue weighted by atomic mass is 9.93. The molecule has 0 unspecified atom stereocenters. The Morgan fingerprint density at radius 2 is 1.76 bits per heavy atom. The summed E-state index contributed by atoms with van der Waals surface area (Å²) in [7, 11) is 0. The number of piperidine rings is 1. The lowest BCUT2D eigenvalue weighted by Crippen LogP contribution is -2.49. The van der Waals surface area contributed by atoms with Gasteiger partial charge in [-0.3, -0.25) is 0 Å². The molecule has 1 aliphatic heterocycles. The summed E-state index contributed by atoms with van der Waals surface area (Å²) in [5, 5.41) is 2.77. The summed E-state index contributed by atoms with van der Waals surface area (Å²) in [5.41, 5.74) is -0.301. The molecule has 0 aromatic heterocycles. The topological polar surface area (TPSA) is 41.6 Å². The van der Waals surface area contributed by atoms with Crippen molar-refractivity contribution in [2.75, 3.05) is 13.1 Å². The molecule has 0 bridgehead atoms. The van der Waals surface area contributed by atoms with E-state index in [2.05, 4.69) is 24.1 Å². The molecule has 0 atom stereocenters. The number of amides is 1. The minimum absolute atomic E-state index is 0.127. The standard InChI is InChI=1S/C13H26N2O2/c1-10(2)14-12(16)17-13(5)6-8-15(9-7-13)11(3)4/h10-11H,6-9H2,1-5H3,(H,14,16). The van der Waals surface area contributed by atoms with Crippen molar-refractivity contribution in [3.8, 4) is 0 Å². The molecule has 0 aromatic rings. The first-order valence-corrected chi connectivity index (χ1v) is 6.56. The van der Waals surface area contributed by atoms with Crippen LogP contribution in [0, 0.1) is 0 Å². The molecular weight excluding hydrogens is 216 g/mol. The Hall–Kier alpha value is -0.770. The van der Waals surface area contributed by atoms with Gasteiger partial charge in [-0.15, -0.1) is 0 Å². The first-order chi connectivity index (χ1) is 7.82. The summed E-state index contributed by atoms with van der Waals surface area (Å²) in [6, 6.07) is 0.700. The van der Waals surface area contributed by atoms with Crippen molar-refractivity contribution in [1.29, 1.82) is 0 Å². The van der Waals surface area contributed by atoms with Crippen LogP contribution in [-0.4, -0.2) is 41.8 Å². The number of carbonyl (C=O) groups is 1. The minimum atomic E-state index is -0.301. The third-order valence-corrected chi connectivity index (χ3v) is 3.33. The monoisotopic (exact) mass is 242 g/mol. The molecule has 4 heteroatoms. The number of hydrogen-bond donors (Lipinski definition) is 1. The maximum atomic E-state index is 11.6. The van der Waals surface area contributed by atoms with E-state index in [0.717, 1.165) is 25.9 Å². The Morgan fingerprint density at radius 1 is 1.24 bits per heavy atom. The van der Waals surface area contributed by atoms with Gasteiger partial charge in [-0.1, -0.05) is 0 Å². The summed E-state index contributed by atoms with van der Waals surface area (Å²) in [4.78, 5) is 14.0. The molecular formula is C13H26N2O2. The Morgan fingerprint density at radius 3 is 2.18 bits per heavy atom. The number of hydrogen-bond acceptors (Lipinski definition) is 3. The van der Waals surface area contributed by atoms with Crippen LogP contribution in [0.3, 0.4) is 0 Å². The van der Waals surface area contributed by atoms with Crippen molar-refractivity contribution in [2.45, 2.75) is 65.1 Å². The third-order valence-electron chi connectivity index (χ3n) is 3.33. The summed E-state index contributed by atoms with van der Waals surface area (Å²) in [6.07, 6.45) is 1.54. The van der Waals surface area contributed by atoms with Gasteiger partial charge in [-0.25, -0.2) is 4.79 Å². The van der Waals surface area contributed by atoms with E-state index in [9.17, 15) is 4.79 Å². The lowest BCUT2D eigenvalue weighted by Gasteiger charge is -2.40. The molecule has 0 radical (unpaired) electrons. The van der Waals surface area contributed by atoms with Crippen molar-refractivity contribution >= 4 is 6.09 Å². The molecule has 1 fully saturated rings. The maximum absolute atomic E-state index is 11.6. The van der Waals surface area contributed by atoms with Crippen LogP contribution in [-0.2, 0) is 4.74 Å². The van der Waals surface area contributed by atoms with Crippen LogP contribution < -0.4 is 5.32 Å². The van der Waals surface area contributed by atoms with E-state index in [1.165, 1.54) is 0 Å². The molecule has 4 nitrogen and oxygen atoms in total. The van der Waals surface area contributed by atoms with Crippen LogP contribution in [0.4, 0.5) is 4.79 Å². The number of likely N-dealkylation sites (tertiary alicyclic amines) is 1. The quantitative estimate of drug-likeness (QED) is 0.826. The van der Waals surface area contributed by atoms with E-state index in [4.69, 9.17) is 4.74 Å². The smallest absolute Gasteiger partial charge is 0.407 e. The van der Waals surface area contributed by atoms with Gasteiger partial charge in [0.15, 0.2) is 0 Å². The predicted molar refractivity (Wildman–Crippen MR) is 69.1 cm³/mol. The van der Waals surface area contributed by atoms with Crippen molar-refractivity contribution < 1.29 is 9.53 Å². The highest BCUT2D eigenvalue weighted by Gasteiger charge is 2.34. The minimum Gasteiger partial charge on any atom is -0.443 e. The van der Waals surface area contributed by atoms with Crippen molar-refractivity contribution in [1.82, 2.24) is 10.2 Å². The fourth-order valence-electron chi connectivity index (χ4n) is 2.10. The Bertz CT molecular complexity index is 256. The fourth-order valence-corrected chi connectivity index (χ4v) is 2.10. The van der Waals surface area contributed by atoms with E-state index in [1.54, 1.807) is 0 Å². The Labute approximate surface area is 105 Å². The zero-order chi connectivity index (χ0) is 13.1. The van der Waals surface area contributed by atoms with Crippen LogP contribution in [0.25, 0.3) is 0 Å². The van der Waals surface area contributed by atoms with Crippen LogP contribution >= 0.6 is 0 Å². The largest absolute Gasteiger partial charge is 0.443 e. The normalized spacial score (nSPS) is 20.6. The molecule has 1 saturated heterocycles. The highest BCUT2D eigenvalue weighted by Crippen LogP contribution is 2.26. The first-order valence-electron chi connectivity index (χ1n) is 6.56. The van der Waals surface area contributed by atoms with Gasteiger partial charge in [0, 0.05) is 25.2 Å². The molecule has 0 spiro atoms. The summed E-state index contributed by atoms with van der Waals surface area (Å²) in [6.45, 7) is 12.3. The molecule has 1 aliphatic rings. The van der Waals surface area contributed by atoms with E-state index in [0.29, 0.717) is 6.04 Å². The van der Waals surface area contributed by atoms with Gasteiger partial charge in [0.1, 0.15) is 5.60 Å². The van der Waals surface area contributed by atoms with Crippen molar-refractivity contribution in [2.24, 2.45) is 0 Å². The average Bonchev–Trinajstić information content (AvgIpc) is 2.15. The molecule has 1 N–H and O–H groups in total. The first kappa shape index (κ1) is 14.3. The summed E-state index contributed by atoms with van der Waals surface area (Å²) in [5.74, 6) is 0. The van der Waals surface area contributed by atoms with Crippen molar-refractivity contribution in [3.63, 3.8) is 0 Å². The van der Waals surface area contributed by atoms with E-state index >= 15 is 0 Å². The van der Waals surface area contributed by atoms with Crippen LogP contribution in [0.15, 0.2) is 0 Å². The van der Waals surface area contributed by atoms with Gasteiger partial charge in [0.2, 0.25) is 0 Å². The van der Waals surface area contributed by atoms with Gasteiger partial charge < -0.3 is 15.0 Å². The second-order valence-electron chi connectivity index (χ2n) is 5.77. The average molecular weight is 242 g/mol. The van der Waals surface area contributed by atoms with Gasteiger partial charge in [-0.05, 0) is 47.5 Å². The van der Waals surface area contributed by atoms with Crippen molar-refractivity contribution in [3.05, 3.63) is 0 Å². The zero-order valence-corrected chi connectivity index (χ0v) is 11.7. The van der Waals surface area contributed by atoms with Gasteiger partial charge in [-0.2, -0.15) is 0 Å². The molecule has 1 heterocycles. The second kappa shape index (κ2) is 5.71. The number of rotatable bonds is 3. The highest BCUT2D eigenvalue weighted by molar-refractivity contribution is 5.68. The lowest BCUT2D eigenvalue weighted by molar-refractivity contribution is -0.0283. The number of nitrogens with one attached hydrogen (secondary N) is 1. The number of ether oxygens (including phenoxy) is 1. The summed E-state index contributed by atoms with van der Waals surface area (Å²) < 4.78 is 5.54. The second-order valence-corrected chi connectivity index (χ2v) is 5.77. The SMILES string of the molecule is CC(C)NC(=O)OC1(C)CCN(C(C)C)CC1.